The first-order valence-corrected chi connectivity index (χ1v) is 9.98. The number of hydrogen-bond acceptors (Lipinski definition) is 3. The Morgan fingerprint density at radius 3 is 2.80 bits per heavy atom. The molecule has 2 aliphatic rings. The zero-order chi connectivity index (χ0) is 18.4. The van der Waals surface area contributed by atoms with Gasteiger partial charge in [-0.05, 0) is 62.2 Å². The van der Waals surface area contributed by atoms with Gasteiger partial charge in [0.2, 0.25) is 5.91 Å². The molecule has 2 N–H and O–H groups in total. The highest BCUT2D eigenvalue weighted by atomic mass is 16.5. The van der Waals surface area contributed by atoms with Gasteiger partial charge in [0, 0.05) is 6.42 Å². The van der Waals surface area contributed by atoms with E-state index in [0.717, 1.165) is 32.1 Å². The zero-order valence-electron chi connectivity index (χ0n) is 16.1. The summed E-state index contributed by atoms with van der Waals surface area (Å²) in [5, 5.41) is 0. The minimum Gasteiger partial charge on any atom is -0.469 e. The Balaban J connectivity index is 2.03. The van der Waals surface area contributed by atoms with Gasteiger partial charge in [-0.1, -0.05) is 38.8 Å². The number of nitrogens with two attached hydrogens (primary N) is 1. The summed E-state index contributed by atoms with van der Waals surface area (Å²) in [6.07, 6.45) is 13.3. The molecule has 0 saturated heterocycles. The highest BCUT2D eigenvalue weighted by Crippen LogP contribution is 2.62. The van der Waals surface area contributed by atoms with Gasteiger partial charge in [-0.3, -0.25) is 9.59 Å². The normalized spacial score (nSPS) is 32.2. The van der Waals surface area contributed by atoms with E-state index < -0.39 is 0 Å². The second-order valence-corrected chi connectivity index (χ2v) is 8.24. The predicted molar refractivity (Wildman–Crippen MR) is 99.6 cm³/mol. The van der Waals surface area contributed by atoms with E-state index in [9.17, 15) is 9.59 Å². The number of carbonyl (C=O) groups is 2. The van der Waals surface area contributed by atoms with Gasteiger partial charge in [0.1, 0.15) is 0 Å². The summed E-state index contributed by atoms with van der Waals surface area (Å²) in [7, 11) is 1.42. The first-order valence-electron chi connectivity index (χ1n) is 9.98. The first kappa shape index (κ1) is 20.0. The molecule has 0 spiro atoms. The third-order valence-electron chi connectivity index (χ3n) is 6.56. The molecule has 142 valence electrons. The number of carbonyl (C=O) groups excluding carboxylic acids is 2. The van der Waals surface area contributed by atoms with Crippen LogP contribution in [0.25, 0.3) is 0 Å². The van der Waals surface area contributed by atoms with Crippen LogP contribution < -0.4 is 5.73 Å². The highest BCUT2D eigenvalue weighted by Gasteiger charge is 2.59. The third-order valence-corrected chi connectivity index (χ3v) is 6.56. The van der Waals surface area contributed by atoms with Crippen LogP contribution in [0.3, 0.4) is 0 Å². The minimum absolute atomic E-state index is 0.107. The van der Waals surface area contributed by atoms with Gasteiger partial charge in [0.15, 0.2) is 0 Å². The molecule has 2 saturated carbocycles. The lowest BCUT2D eigenvalue weighted by Crippen LogP contribution is -2.41. The monoisotopic (exact) mass is 349 g/mol. The Bertz CT molecular complexity index is 501. The van der Waals surface area contributed by atoms with E-state index in [1.165, 1.54) is 26.4 Å². The maximum absolute atomic E-state index is 12.3. The average Bonchev–Trinajstić information content (AvgIpc) is 3.13. The van der Waals surface area contributed by atoms with Crippen LogP contribution in [0.2, 0.25) is 0 Å². The number of amides is 1. The van der Waals surface area contributed by atoms with E-state index in [2.05, 4.69) is 30.7 Å². The molecule has 4 nitrogen and oxygen atoms in total. The van der Waals surface area contributed by atoms with Crippen molar-refractivity contribution in [1.29, 1.82) is 0 Å². The maximum Gasteiger partial charge on any atom is 0.305 e. The summed E-state index contributed by atoms with van der Waals surface area (Å²) < 4.78 is 4.68. The lowest BCUT2D eigenvalue weighted by atomic mass is 9.67. The number of rotatable bonds is 10. The van der Waals surface area contributed by atoms with Crippen LogP contribution in [0.5, 0.6) is 0 Å². The quantitative estimate of drug-likeness (QED) is 0.364. The van der Waals surface area contributed by atoms with Crippen molar-refractivity contribution in [1.82, 2.24) is 0 Å². The van der Waals surface area contributed by atoms with E-state index in [0.29, 0.717) is 24.2 Å². The van der Waals surface area contributed by atoms with Crippen LogP contribution in [0.4, 0.5) is 0 Å². The zero-order valence-corrected chi connectivity index (χ0v) is 16.1. The van der Waals surface area contributed by atoms with Crippen LogP contribution in [0.15, 0.2) is 12.2 Å². The fourth-order valence-corrected chi connectivity index (χ4v) is 5.32. The molecule has 0 aliphatic heterocycles. The second-order valence-electron chi connectivity index (χ2n) is 8.24. The van der Waals surface area contributed by atoms with Crippen molar-refractivity contribution >= 4 is 11.9 Å². The van der Waals surface area contributed by atoms with Gasteiger partial charge in [-0.25, -0.2) is 0 Å². The van der Waals surface area contributed by atoms with Gasteiger partial charge in [0.05, 0.1) is 12.5 Å². The molecular formula is C21H35NO3. The van der Waals surface area contributed by atoms with E-state index in [-0.39, 0.29) is 23.2 Å². The summed E-state index contributed by atoms with van der Waals surface area (Å²) in [6.45, 7) is 4.57. The van der Waals surface area contributed by atoms with Crippen LogP contribution >= 0.6 is 0 Å². The van der Waals surface area contributed by atoms with E-state index in [4.69, 9.17) is 5.73 Å². The number of esters is 1. The van der Waals surface area contributed by atoms with Crippen molar-refractivity contribution in [3.8, 4) is 0 Å². The van der Waals surface area contributed by atoms with E-state index >= 15 is 0 Å². The Hall–Kier alpha value is -1.32. The lowest BCUT2D eigenvalue weighted by molar-refractivity contribution is -0.140. The topological polar surface area (TPSA) is 69.4 Å². The molecular weight excluding hydrogens is 314 g/mol. The highest BCUT2D eigenvalue weighted by molar-refractivity contribution is 5.82. The van der Waals surface area contributed by atoms with Crippen LogP contribution in [0, 0.1) is 29.1 Å². The Morgan fingerprint density at radius 1 is 1.40 bits per heavy atom. The van der Waals surface area contributed by atoms with Gasteiger partial charge >= 0.3 is 5.97 Å². The molecule has 5 atom stereocenters. The summed E-state index contributed by atoms with van der Waals surface area (Å²) >= 11 is 0. The summed E-state index contributed by atoms with van der Waals surface area (Å²) in [6, 6.07) is 0. The van der Waals surface area contributed by atoms with Crippen molar-refractivity contribution < 1.29 is 14.3 Å². The molecule has 0 heterocycles. The van der Waals surface area contributed by atoms with E-state index in [1.54, 1.807) is 0 Å². The first-order chi connectivity index (χ1) is 11.9. The average molecular weight is 350 g/mol. The van der Waals surface area contributed by atoms with Crippen LogP contribution in [-0.4, -0.2) is 19.0 Å². The molecule has 5 unspecified atom stereocenters. The molecule has 0 aromatic carbocycles. The maximum atomic E-state index is 12.3. The summed E-state index contributed by atoms with van der Waals surface area (Å²) in [5.74, 6) is 1.95. The number of unbranched alkanes of at least 4 members (excludes halogenated alkanes) is 1. The number of ether oxygens (including phenoxy) is 1. The van der Waals surface area contributed by atoms with Crippen molar-refractivity contribution in [2.75, 3.05) is 7.11 Å². The molecule has 2 fully saturated rings. The molecule has 0 aromatic heterocycles. The largest absolute Gasteiger partial charge is 0.469 e. The molecule has 2 aliphatic carbocycles. The Morgan fingerprint density at radius 2 is 2.16 bits per heavy atom. The van der Waals surface area contributed by atoms with Crippen molar-refractivity contribution in [2.24, 2.45) is 34.8 Å². The smallest absolute Gasteiger partial charge is 0.305 e. The molecule has 2 rings (SSSR count). The standard InChI is InChI=1S/C21H35NO3/c1-4-8-15(2)13-17-16-11-12-21(14-16,20(22)24)18(17)9-6-5-7-10-19(23)25-3/h6,9,15-18H,4-5,7-8,10-14H2,1-3H3,(H2,22,24). The number of primary amides is 1. The Kier molecular flexibility index (Phi) is 7.09. The molecule has 25 heavy (non-hydrogen) atoms. The van der Waals surface area contributed by atoms with Crippen LogP contribution in [-0.2, 0) is 14.3 Å². The van der Waals surface area contributed by atoms with Crippen molar-refractivity contribution in [3.05, 3.63) is 12.2 Å². The fourth-order valence-electron chi connectivity index (χ4n) is 5.32. The predicted octanol–water partition coefficient (Wildman–Crippen LogP) is 4.23. The van der Waals surface area contributed by atoms with Gasteiger partial charge in [-0.15, -0.1) is 0 Å². The number of fused-ring (bicyclic) bond motifs is 2. The Labute approximate surface area is 152 Å². The van der Waals surface area contributed by atoms with Gasteiger partial charge in [0.25, 0.3) is 0 Å². The molecule has 0 aromatic rings. The minimum atomic E-state index is -0.319. The number of methoxy groups -OCH3 is 1. The number of allylic oxidation sites excluding steroid dienone is 2. The third kappa shape index (κ3) is 4.45. The van der Waals surface area contributed by atoms with E-state index in [1.807, 2.05) is 0 Å². The second kappa shape index (κ2) is 8.86. The van der Waals surface area contributed by atoms with Gasteiger partial charge in [-0.2, -0.15) is 0 Å². The van der Waals surface area contributed by atoms with Gasteiger partial charge < -0.3 is 10.5 Å². The SMILES string of the molecule is CCCC(C)CC1C2CCC(C(N)=O)(C2)C1C=CCCCC(=O)OC. The molecule has 2 bridgehead atoms. The molecule has 4 heteroatoms. The number of hydrogen-bond donors (Lipinski definition) is 1. The molecule has 1 amide bonds. The van der Waals surface area contributed by atoms with Crippen molar-refractivity contribution in [2.45, 2.75) is 71.6 Å². The lowest BCUT2D eigenvalue weighted by Gasteiger charge is -2.36. The fraction of sp³-hybridized carbons (Fsp3) is 0.810. The van der Waals surface area contributed by atoms with Crippen LogP contribution in [0.1, 0.15) is 71.6 Å². The summed E-state index contributed by atoms with van der Waals surface area (Å²) in [5.41, 5.74) is 5.55. The molecule has 0 radical (unpaired) electrons. The summed E-state index contributed by atoms with van der Waals surface area (Å²) in [4.78, 5) is 23.5. The van der Waals surface area contributed by atoms with Crippen molar-refractivity contribution in [3.63, 3.8) is 0 Å².